The van der Waals surface area contributed by atoms with E-state index in [-0.39, 0.29) is 5.54 Å². The third kappa shape index (κ3) is 3.76. The summed E-state index contributed by atoms with van der Waals surface area (Å²) in [4.78, 5) is 2.21. The molecule has 0 aromatic heterocycles. The van der Waals surface area contributed by atoms with Crippen LogP contribution in [0.25, 0.3) is 0 Å². The summed E-state index contributed by atoms with van der Waals surface area (Å²) in [5, 5.41) is 3.64. The Bertz CT molecular complexity index is 153. The molecule has 2 nitrogen and oxygen atoms in total. The molecular formula is C11H23ClN2. The standard InChI is InChI=1S/C11H23ClN2/c1-14(2)9-8-13-11(10-12)6-4-3-5-7-11/h13H,3-10H2,1-2H3. The number of rotatable bonds is 5. The van der Waals surface area contributed by atoms with Crippen LogP contribution in [-0.4, -0.2) is 43.5 Å². The molecule has 1 aliphatic carbocycles. The van der Waals surface area contributed by atoms with Gasteiger partial charge in [-0.3, -0.25) is 0 Å². The van der Waals surface area contributed by atoms with Crippen molar-refractivity contribution in [3.8, 4) is 0 Å². The molecule has 0 saturated heterocycles. The first-order valence-electron chi connectivity index (χ1n) is 5.64. The van der Waals surface area contributed by atoms with Gasteiger partial charge in [0.25, 0.3) is 0 Å². The number of alkyl halides is 1. The van der Waals surface area contributed by atoms with Crippen molar-refractivity contribution in [2.24, 2.45) is 0 Å². The smallest absolute Gasteiger partial charge is 0.0406 e. The van der Waals surface area contributed by atoms with Crippen LogP contribution in [0.15, 0.2) is 0 Å². The van der Waals surface area contributed by atoms with Crippen molar-refractivity contribution < 1.29 is 0 Å². The third-order valence-electron chi connectivity index (χ3n) is 3.13. The van der Waals surface area contributed by atoms with Crippen LogP contribution < -0.4 is 5.32 Å². The van der Waals surface area contributed by atoms with Crippen LogP contribution in [0, 0.1) is 0 Å². The monoisotopic (exact) mass is 218 g/mol. The quantitative estimate of drug-likeness (QED) is 0.711. The lowest BCUT2D eigenvalue weighted by Crippen LogP contribution is -2.50. The number of likely N-dealkylation sites (N-methyl/N-ethyl adjacent to an activating group) is 1. The molecule has 1 saturated carbocycles. The summed E-state index contributed by atoms with van der Waals surface area (Å²) < 4.78 is 0. The summed E-state index contributed by atoms with van der Waals surface area (Å²) in [7, 11) is 4.21. The molecule has 1 aliphatic rings. The average Bonchev–Trinajstić information content (AvgIpc) is 2.19. The Kier molecular flexibility index (Phi) is 5.21. The lowest BCUT2D eigenvalue weighted by Gasteiger charge is -2.37. The van der Waals surface area contributed by atoms with E-state index in [1.807, 2.05) is 0 Å². The molecule has 0 heterocycles. The summed E-state index contributed by atoms with van der Waals surface area (Å²) >= 11 is 6.08. The van der Waals surface area contributed by atoms with Crippen LogP contribution in [0.1, 0.15) is 32.1 Å². The zero-order valence-electron chi connectivity index (χ0n) is 9.48. The van der Waals surface area contributed by atoms with Crippen LogP contribution in [0.5, 0.6) is 0 Å². The topological polar surface area (TPSA) is 15.3 Å². The van der Waals surface area contributed by atoms with Gasteiger partial charge in [0.05, 0.1) is 0 Å². The maximum atomic E-state index is 6.08. The van der Waals surface area contributed by atoms with Crippen molar-refractivity contribution in [1.29, 1.82) is 0 Å². The fourth-order valence-corrected chi connectivity index (χ4v) is 2.49. The second kappa shape index (κ2) is 5.94. The van der Waals surface area contributed by atoms with Crippen LogP contribution in [-0.2, 0) is 0 Å². The highest BCUT2D eigenvalue weighted by molar-refractivity contribution is 6.18. The maximum absolute atomic E-state index is 6.08. The molecule has 0 atom stereocenters. The van der Waals surface area contributed by atoms with Gasteiger partial charge in [-0.2, -0.15) is 0 Å². The zero-order valence-corrected chi connectivity index (χ0v) is 10.2. The number of nitrogens with zero attached hydrogens (tertiary/aromatic N) is 1. The minimum atomic E-state index is 0.246. The average molecular weight is 219 g/mol. The molecule has 0 spiro atoms. The van der Waals surface area contributed by atoms with E-state index >= 15 is 0 Å². The van der Waals surface area contributed by atoms with Crippen LogP contribution in [0.4, 0.5) is 0 Å². The van der Waals surface area contributed by atoms with E-state index in [9.17, 15) is 0 Å². The lowest BCUT2D eigenvalue weighted by molar-refractivity contribution is 0.248. The van der Waals surface area contributed by atoms with Gasteiger partial charge in [0, 0.05) is 24.5 Å². The van der Waals surface area contributed by atoms with Crippen LogP contribution >= 0.6 is 11.6 Å². The van der Waals surface area contributed by atoms with Gasteiger partial charge in [-0.25, -0.2) is 0 Å². The minimum absolute atomic E-state index is 0.246. The van der Waals surface area contributed by atoms with Crippen LogP contribution in [0.3, 0.4) is 0 Å². The van der Waals surface area contributed by atoms with E-state index in [4.69, 9.17) is 11.6 Å². The van der Waals surface area contributed by atoms with Crippen molar-refractivity contribution in [2.45, 2.75) is 37.6 Å². The number of nitrogens with one attached hydrogen (secondary N) is 1. The van der Waals surface area contributed by atoms with Gasteiger partial charge < -0.3 is 10.2 Å². The van der Waals surface area contributed by atoms with Gasteiger partial charge >= 0.3 is 0 Å². The first-order valence-corrected chi connectivity index (χ1v) is 6.18. The van der Waals surface area contributed by atoms with Gasteiger partial charge in [-0.1, -0.05) is 19.3 Å². The molecule has 3 heteroatoms. The van der Waals surface area contributed by atoms with Crippen molar-refractivity contribution >= 4 is 11.6 Å². The van der Waals surface area contributed by atoms with E-state index in [2.05, 4.69) is 24.3 Å². The molecule has 0 radical (unpaired) electrons. The van der Waals surface area contributed by atoms with E-state index in [0.717, 1.165) is 19.0 Å². The maximum Gasteiger partial charge on any atom is 0.0406 e. The highest BCUT2D eigenvalue weighted by Crippen LogP contribution is 2.28. The number of hydrogen-bond donors (Lipinski definition) is 1. The summed E-state index contributed by atoms with van der Waals surface area (Å²) in [5.41, 5.74) is 0.246. The molecule has 0 bridgehead atoms. The minimum Gasteiger partial charge on any atom is -0.309 e. The summed E-state index contributed by atoms with van der Waals surface area (Å²) in [6.45, 7) is 2.15. The SMILES string of the molecule is CN(C)CCNC1(CCl)CCCCC1. The van der Waals surface area contributed by atoms with Crippen molar-refractivity contribution in [2.75, 3.05) is 33.1 Å². The molecule has 1 N–H and O–H groups in total. The highest BCUT2D eigenvalue weighted by atomic mass is 35.5. The molecule has 0 unspecified atom stereocenters. The molecule has 0 aromatic rings. The van der Waals surface area contributed by atoms with E-state index in [1.165, 1.54) is 32.1 Å². The van der Waals surface area contributed by atoms with Gasteiger partial charge in [0.1, 0.15) is 0 Å². The molecule has 14 heavy (non-hydrogen) atoms. The third-order valence-corrected chi connectivity index (χ3v) is 3.64. The second-order valence-electron chi connectivity index (χ2n) is 4.70. The zero-order chi connectivity index (χ0) is 10.4. The lowest BCUT2D eigenvalue weighted by atomic mass is 9.83. The fourth-order valence-electron chi connectivity index (χ4n) is 2.13. The first-order chi connectivity index (χ1) is 6.68. The normalized spacial score (nSPS) is 21.4. The van der Waals surface area contributed by atoms with Crippen molar-refractivity contribution in [1.82, 2.24) is 10.2 Å². The Morgan fingerprint density at radius 2 is 1.86 bits per heavy atom. The van der Waals surface area contributed by atoms with Gasteiger partial charge in [-0.15, -0.1) is 11.6 Å². The van der Waals surface area contributed by atoms with E-state index in [1.54, 1.807) is 0 Å². The Labute approximate surface area is 93.0 Å². The van der Waals surface area contributed by atoms with Crippen molar-refractivity contribution in [3.63, 3.8) is 0 Å². The number of hydrogen-bond acceptors (Lipinski definition) is 2. The Balaban J connectivity index is 2.29. The Morgan fingerprint density at radius 1 is 1.21 bits per heavy atom. The largest absolute Gasteiger partial charge is 0.309 e. The molecule has 0 amide bonds. The molecule has 0 aliphatic heterocycles. The van der Waals surface area contributed by atoms with Crippen LogP contribution in [0.2, 0.25) is 0 Å². The summed E-state index contributed by atoms with van der Waals surface area (Å²) in [6.07, 6.45) is 6.56. The number of halogens is 1. The van der Waals surface area contributed by atoms with Gasteiger partial charge in [-0.05, 0) is 26.9 Å². The predicted octanol–water partition coefficient (Wildman–Crippen LogP) is 2.08. The molecule has 84 valence electrons. The predicted molar refractivity (Wildman–Crippen MR) is 63.1 cm³/mol. The second-order valence-corrected chi connectivity index (χ2v) is 4.97. The van der Waals surface area contributed by atoms with Crippen molar-refractivity contribution in [3.05, 3.63) is 0 Å². The molecule has 0 aromatic carbocycles. The Morgan fingerprint density at radius 3 is 2.36 bits per heavy atom. The molecule has 1 rings (SSSR count). The van der Waals surface area contributed by atoms with Gasteiger partial charge in [0.2, 0.25) is 0 Å². The van der Waals surface area contributed by atoms with Gasteiger partial charge in [0.15, 0.2) is 0 Å². The first kappa shape index (κ1) is 12.3. The van der Waals surface area contributed by atoms with E-state index in [0.29, 0.717) is 0 Å². The summed E-state index contributed by atoms with van der Waals surface area (Å²) in [6, 6.07) is 0. The summed E-state index contributed by atoms with van der Waals surface area (Å²) in [5.74, 6) is 0.764. The van der Waals surface area contributed by atoms with E-state index < -0.39 is 0 Å². The highest BCUT2D eigenvalue weighted by Gasteiger charge is 2.29. The molecule has 1 fully saturated rings. The Hall–Kier alpha value is 0.210. The fraction of sp³-hybridized carbons (Fsp3) is 1.00. The molecular weight excluding hydrogens is 196 g/mol.